The normalized spacial score (nSPS) is 11.1. The minimum absolute atomic E-state index is 0.594. The second kappa shape index (κ2) is 7.06. The summed E-state index contributed by atoms with van der Waals surface area (Å²) in [7, 11) is 3.56. The van der Waals surface area contributed by atoms with E-state index >= 15 is 0 Å². The first-order valence-electron chi connectivity index (χ1n) is 8.71. The van der Waals surface area contributed by atoms with Crippen molar-refractivity contribution < 1.29 is 9.47 Å². The van der Waals surface area contributed by atoms with Crippen molar-refractivity contribution in [2.45, 2.75) is 13.3 Å². The minimum Gasteiger partial charge on any atom is -0.497 e. The van der Waals surface area contributed by atoms with Gasteiger partial charge in [-0.05, 0) is 30.7 Å². The number of fused-ring (bicyclic) bond motifs is 1. The van der Waals surface area contributed by atoms with Gasteiger partial charge < -0.3 is 9.47 Å². The van der Waals surface area contributed by atoms with Crippen molar-refractivity contribution >= 4 is 5.65 Å². The van der Waals surface area contributed by atoms with Crippen LogP contribution in [-0.2, 0) is 7.05 Å². The largest absolute Gasteiger partial charge is 0.497 e. The maximum Gasteiger partial charge on any atom is 0.220 e. The molecule has 0 saturated heterocycles. The van der Waals surface area contributed by atoms with E-state index in [9.17, 15) is 0 Å². The molecule has 0 fully saturated rings. The molecule has 0 radical (unpaired) electrons. The number of ether oxygens (including phenoxy) is 2. The molecule has 0 atom stereocenters. The second-order valence-corrected chi connectivity index (χ2v) is 6.07. The molecule has 0 spiro atoms. The number of benzene rings is 1. The summed E-state index contributed by atoms with van der Waals surface area (Å²) >= 11 is 0. The van der Waals surface area contributed by atoms with E-state index in [-0.39, 0.29) is 0 Å². The number of methoxy groups -OCH3 is 1. The maximum absolute atomic E-state index is 5.85. The molecule has 138 valence electrons. The molecule has 0 N–H and O–H groups in total. The highest BCUT2D eigenvalue weighted by molar-refractivity contribution is 5.79. The van der Waals surface area contributed by atoms with Crippen LogP contribution in [0.15, 0.2) is 42.9 Å². The van der Waals surface area contributed by atoms with Gasteiger partial charge in [-0.3, -0.25) is 9.67 Å². The van der Waals surface area contributed by atoms with Crippen molar-refractivity contribution in [3.8, 4) is 34.3 Å². The summed E-state index contributed by atoms with van der Waals surface area (Å²) in [5, 5.41) is 13.1. The lowest BCUT2D eigenvalue weighted by Crippen LogP contribution is -2.03. The number of hydrogen-bond donors (Lipinski definition) is 0. The summed E-state index contributed by atoms with van der Waals surface area (Å²) in [5.74, 6) is 2.08. The second-order valence-electron chi connectivity index (χ2n) is 6.07. The zero-order valence-corrected chi connectivity index (χ0v) is 15.5. The van der Waals surface area contributed by atoms with Gasteiger partial charge in [0.15, 0.2) is 11.5 Å². The third kappa shape index (κ3) is 2.99. The summed E-state index contributed by atoms with van der Waals surface area (Å²) in [6.07, 6.45) is 6.04. The summed E-state index contributed by atoms with van der Waals surface area (Å²) < 4.78 is 14.8. The molecular weight excluding hydrogens is 344 g/mol. The molecular formula is C19H20N6O2. The van der Waals surface area contributed by atoms with Crippen LogP contribution in [0.2, 0.25) is 0 Å². The van der Waals surface area contributed by atoms with Crippen molar-refractivity contribution in [3.63, 3.8) is 0 Å². The first kappa shape index (κ1) is 17.0. The molecule has 0 saturated carbocycles. The van der Waals surface area contributed by atoms with Crippen LogP contribution in [0.25, 0.3) is 28.3 Å². The van der Waals surface area contributed by atoms with Crippen LogP contribution in [0.3, 0.4) is 0 Å². The fourth-order valence-corrected chi connectivity index (χ4v) is 3.00. The molecule has 8 heteroatoms. The third-order valence-electron chi connectivity index (χ3n) is 4.28. The lowest BCUT2D eigenvalue weighted by Gasteiger charge is -2.10. The lowest BCUT2D eigenvalue weighted by molar-refractivity contribution is 0.300. The van der Waals surface area contributed by atoms with Crippen molar-refractivity contribution in [1.82, 2.24) is 29.4 Å². The Morgan fingerprint density at radius 1 is 1.04 bits per heavy atom. The number of aryl methyl sites for hydroxylation is 1. The van der Waals surface area contributed by atoms with E-state index in [0.29, 0.717) is 24.0 Å². The Labute approximate surface area is 156 Å². The van der Waals surface area contributed by atoms with E-state index in [0.717, 1.165) is 29.0 Å². The Hall–Kier alpha value is -3.42. The van der Waals surface area contributed by atoms with Gasteiger partial charge in [-0.15, -0.1) is 10.2 Å². The highest BCUT2D eigenvalue weighted by Crippen LogP contribution is 2.33. The Morgan fingerprint density at radius 3 is 2.59 bits per heavy atom. The molecule has 0 amide bonds. The number of rotatable bonds is 6. The summed E-state index contributed by atoms with van der Waals surface area (Å²) in [5.41, 5.74) is 3.43. The average molecular weight is 364 g/mol. The van der Waals surface area contributed by atoms with Gasteiger partial charge in [0.25, 0.3) is 0 Å². The molecule has 0 bridgehead atoms. The molecule has 3 heterocycles. The highest BCUT2D eigenvalue weighted by atomic mass is 16.5. The lowest BCUT2D eigenvalue weighted by atomic mass is 10.1. The van der Waals surface area contributed by atoms with Gasteiger partial charge in [0.1, 0.15) is 5.75 Å². The topological polar surface area (TPSA) is 79.4 Å². The molecule has 8 nitrogen and oxygen atoms in total. The van der Waals surface area contributed by atoms with E-state index < -0.39 is 0 Å². The number of aromatic nitrogens is 6. The van der Waals surface area contributed by atoms with Crippen molar-refractivity contribution in [1.29, 1.82) is 0 Å². The van der Waals surface area contributed by atoms with Crippen LogP contribution >= 0.6 is 0 Å². The number of hydrogen-bond acceptors (Lipinski definition) is 6. The molecule has 4 aromatic rings. The van der Waals surface area contributed by atoms with Crippen molar-refractivity contribution in [2.75, 3.05) is 13.7 Å². The van der Waals surface area contributed by atoms with E-state index in [1.54, 1.807) is 25.7 Å². The van der Waals surface area contributed by atoms with Crippen LogP contribution in [0.1, 0.15) is 13.3 Å². The summed E-state index contributed by atoms with van der Waals surface area (Å²) in [6.45, 7) is 2.65. The molecule has 3 aromatic heterocycles. The zero-order chi connectivity index (χ0) is 18.8. The Balaban J connectivity index is 1.87. The third-order valence-corrected chi connectivity index (χ3v) is 4.28. The number of nitrogens with zero attached hydrogens (tertiary/aromatic N) is 6. The molecule has 0 aliphatic heterocycles. The summed E-state index contributed by atoms with van der Waals surface area (Å²) in [6, 6.07) is 7.85. The standard InChI is InChI=1S/C19H20N6O2/c1-4-9-27-17-12-20-11-16-22-23-19(25(16)17)15-10-21-24(2)18(15)13-5-7-14(26-3)8-6-13/h5-8,10-12H,4,9H2,1-3H3. The molecule has 0 aliphatic rings. The van der Waals surface area contributed by atoms with Gasteiger partial charge in [-0.2, -0.15) is 5.10 Å². The Bertz CT molecular complexity index is 1070. The predicted molar refractivity (Wildman–Crippen MR) is 101 cm³/mol. The SMILES string of the molecule is CCCOc1cncc2nnc(-c3cnn(C)c3-c3ccc(OC)cc3)n12. The highest BCUT2D eigenvalue weighted by Gasteiger charge is 2.20. The van der Waals surface area contributed by atoms with Gasteiger partial charge in [0, 0.05) is 12.6 Å². The van der Waals surface area contributed by atoms with E-state index in [4.69, 9.17) is 9.47 Å². The first-order chi connectivity index (χ1) is 13.2. The maximum atomic E-state index is 5.85. The first-order valence-corrected chi connectivity index (χ1v) is 8.71. The van der Waals surface area contributed by atoms with Crippen molar-refractivity contribution in [3.05, 3.63) is 42.9 Å². The summed E-state index contributed by atoms with van der Waals surface area (Å²) in [4.78, 5) is 4.19. The van der Waals surface area contributed by atoms with E-state index in [1.165, 1.54) is 0 Å². The van der Waals surface area contributed by atoms with Gasteiger partial charge in [-0.25, -0.2) is 4.40 Å². The van der Waals surface area contributed by atoms with Gasteiger partial charge >= 0.3 is 0 Å². The smallest absolute Gasteiger partial charge is 0.220 e. The van der Waals surface area contributed by atoms with Gasteiger partial charge in [0.2, 0.25) is 5.88 Å². The van der Waals surface area contributed by atoms with E-state index in [2.05, 4.69) is 27.2 Å². The van der Waals surface area contributed by atoms with Gasteiger partial charge in [0.05, 0.1) is 43.6 Å². The van der Waals surface area contributed by atoms with Crippen LogP contribution in [0, 0.1) is 0 Å². The van der Waals surface area contributed by atoms with E-state index in [1.807, 2.05) is 40.4 Å². The molecule has 0 unspecified atom stereocenters. The minimum atomic E-state index is 0.594. The zero-order valence-electron chi connectivity index (χ0n) is 15.5. The monoisotopic (exact) mass is 364 g/mol. The van der Waals surface area contributed by atoms with Crippen LogP contribution < -0.4 is 9.47 Å². The van der Waals surface area contributed by atoms with Crippen LogP contribution in [0.5, 0.6) is 11.6 Å². The van der Waals surface area contributed by atoms with Crippen molar-refractivity contribution in [2.24, 2.45) is 7.05 Å². The Morgan fingerprint density at radius 2 is 1.85 bits per heavy atom. The molecule has 1 aromatic carbocycles. The van der Waals surface area contributed by atoms with Crippen LogP contribution in [-0.4, -0.2) is 43.1 Å². The molecule has 0 aliphatic carbocycles. The van der Waals surface area contributed by atoms with Gasteiger partial charge in [-0.1, -0.05) is 6.92 Å². The Kier molecular flexibility index (Phi) is 4.45. The fourth-order valence-electron chi connectivity index (χ4n) is 3.00. The quantitative estimate of drug-likeness (QED) is 0.523. The fraction of sp³-hybridized carbons (Fsp3) is 0.263. The average Bonchev–Trinajstić information content (AvgIpc) is 3.30. The predicted octanol–water partition coefficient (Wildman–Crippen LogP) is 2.99. The molecule has 27 heavy (non-hydrogen) atoms. The van der Waals surface area contributed by atoms with Crippen LogP contribution in [0.4, 0.5) is 0 Å². The molecule has 4 rings (SSSR count).